The van der Waals surface area contributed by atoms with E-state index < -0.39 is 21.8 Å². The smallest absolute Gasteiger partial charge is 0.329 e. The molecule has 2 aliphatic heterocycles. The van der Waals surface area contributed by atoms with Gasteiger partial charge in [0.15, 0.2) is 9.84 Å². The first-order valence-electron chi connectivity index (χ1n) is 20.6. The Hall–Kier alpha value is -6.37. The Morgan fingerprint density at radius 1 is 0.887 bits per heavy atom. The number of fused-ring (bicyclic) bond motifs is 2. The van der Waals surface area contributed by atoms with Crippen LogP contribution in [0.2, 0.25) is 0 Å². The largest absolute Gasteiger partial charge is 0.380 e. The molecular formula is C44H48N10O7S. The van der Waals surface area contributed by atoms with Crippen molar-refractivity contribution in [2.45, 2.75) is 50.0 Å². The molecule has 0 aliphatic carbocycles. The average Bonchev–Trinajstić information content (AvgIpc) is 3.50. The first-order chi connectivity index (χ1) is 29.8. The van der Waals surface area contributed by atoms with Crippen molar-refractivity contribution in [1.29, 1.82) is 0 Å². The van der Waals surface area contributed by atoms with E-state index >= 15 is 0 Å². The number of nitrogens with one attached hydrogen (secondary N) is 2. The van der Waals surface area contributed by atoms with Crippen LogP contribution in [-0.4, -0.2) is 113 Å². The zero-order chi connectivity index (χ0) is 43.5. The Balaban J connectivity index is 0.796. The number of aryl methyl sites for hydroxylation is 3. The molecule has 0 spiro atoms. The van der Waals surface area contributed by atoms with E-state index in [4.69, 9.17) is 14.7 Å². The fourth-order valence-electron chi connectivity index (χ4n) is 8.05. The number of piperazine rings is 1. The lowest BCUT2D eigenvalue weighted by Crippen LogP contribution is -2.47. The van der Waals surface area contributed by atoms with Gasteiger partial charge >= 0.3 is 5.69 Å². The van der Waals surface area contributed by atoms with Crippen LogP contribution < -0.4 is 21.2 Å². The number of ether oxygens (including phenoxy) is 1. The average molecular weight is 861 g/mol. The summed E-state index contributed by atoms with van der Waals surface area (Å²) in [5, 5.41) is 13.6. The van der Waals surface area contributed by atoms with Crippen LogP contribution in [-0.2, 0) is 48.8 Å². The molecule has 17 nitrogen and oxygen atoms in total. The summed E-state index contributed by atoms with van der Waals surface area (Å²) >= 11 is 0. The summed E-state index contributed by atoms with van der Waals surface area (Å²) in [5.41, 5.74) is 6.19. The third kappa shape index (κ3) is 9.41. The predicted molar refractivity (Wildman–Crippen MR) is 234 cm³/mol. The van der Waals surface area contributed by atoms with Gasteiger partial charge in [0.25, 0.3) is 0 Å². The van der Waals surface area contributed by atoms with Crippen molar-refractivity contribution in [1.82, 2.24) is 39.5 Å². The maximum Gasteiger partial charge on any atom is 0.329 e. The van der Waals surface area contributed by atoms with Crippen LogP contribution in [0.4, 0.5) is 11.5 Å². The van der Waals surface area contributed by atoms with Gasteiger partial charge in [0.1, 0.15) is 17.4 Å². The van der Waals surface area contributed by atoms with E-state index in [9.17, 15) is 27.6 Å². The minimum Gasteiger partial charge on any atom is -0.380 e. The molecule has 6 aromatic rings. The number of piperidine rings is 1. The summed E-state index contributed by atoms with van der Waals surface area (Å²) in [6, 6.07) is 21.2. The molecule has 2 saturated heterocycles. The van der Waals surface area contributed by atoms with E-state index in [2.05, 4.69) is 30.6 Å². The van der Waals surface area contributed by atoms with Crippen LogP contribution in [0.3, 0.4) is 0 Å². The van der Waals surface area contributed by atoms with E-state index in [0.29, 0.717) is 64.5 Å². The quantitative estimate of drug-likeness (QED) is 0.119. The van der Waals surface area contributed by atoms with Crippen LogP contribution in [0.1, 0.15) is 42.1 Å². The SMILES string of the molecule is Cc1ccc(NC(=O)Cc2cc3nc(-c4cccc(N5CCN(CCOCCCc6ccc7c(c6)n(C)c(=O)n7C6CCC(=O)NC6=O)CC5)n4)ccc3nn2)cc1S(C)(=O)=O. The normalized spacial score (nSPS) is 16.2. The highest BCUT2D eigenvalue weighted by atomic mass is 32.2. The Morgan fingerprint density at radius 2 is 1.69 bits per heavy atom. The number of hydrogen-bond donors (Lipinski definition) is 2. The van der Waals surface area contributed by atoms with Gasteiger partial charge in [-0.05, 0) is 91.9 Å². The summed E-state index contributed by atoms with van der Waals surface area (Å²) in [6.45, 7) is 7.15. The molecule has 0 saturated carbocycles. The van der Waals surface area contributed by atoms with Crippen LogP contribution in [0.25, 0.3) is 33.5 Å². The maximum absolute atomic E-state index is 13.1. The van der Waals surface area contributed by atoms with E-state index in [1.54, 1.807) is 36.7 Å². The van der Waals surface area contributed by atoms with E-state index in [1.165, 1.54) is 10.6 Å². The Morgan fingerprint density at radius 3 is 2.48 bits per heavy atom. The number of benzene rings is 2. The summed E-state index contributed by atoms with van der Waals surface area (Å²) < 4.78 is 33.3. The molecule has 1 unspecified atom stereocenters. The first kappa shape index (κ1) is 42.3. The number of sulfone groups is 1. The van der Waals surface area contributed by atoms with Gasteiger partial charge in [0, 0.05) is 64.7 Å². The highest BCUT2D eigenvalue weighted by Crippen LogP contribution is 2.26. The van der Waals surface area contributed by atoms with Crippen LogP contribution >= 0.6 is 0 Å². The highest BCUT2D eigenvalue weighted by Gasteiger charge is 2.31. The van der Waals surface area contributed by atoms with Crippen LogP contribution in [0.5, 0.6) is 0 Å². The van der Waals surface area contributed by atoms with Gasteiger partial charge in [0.2, 0.25) is 17.7 Å². The summed E-state index contributed by atoms with van der Waals surface area (Å²) in [6.07, 6.45) is 3.19. The molecule has 6 heterocycles. The molecule has 2 aliphatic rings. The molecule has 2 fully saturated rings. The lowest BCUT2D eigenvalue weighted by Gasteiger charge is -2.35. The van der Waals surface area contributed by atoms with Crippen molar-refractivity contribution in [3.63, 3.8) is 0 Å². The van der Waals surface area contributed by atoms with Crippen molar-refractivity contribution in [3.8, 4) is 11.4 Å². The second-order valence-corrected chi connectivity index (χ2v) is 17.8. The van der Waals surface area contributed by atoms with Gasteiger partial charge in [-0.1, -0.05) is 18.2 Å². The molecule has 4 aromatic heterocycles. The zero-order valence-corrected chi connectivity index (χ0v) is 35.7. The molecule has 18 heteroatoms. The van der Waals surface area contributed by atoms with E-state index in [1.807, 2.05) is 48.5 Å². The zero-order valence-electron chi connectivity index (χ0n) is 34.8. The topological polar surface area (TPSA) is 204 Å². The molecule has 0 radical (unpaired) electrons. The van der Waals surface area contributed by atoms with Crippen molar-refractivity contribution in [2.75, 3.05) is 62.4 Å². The van der Waals surface area contributed by atoms with Gasteiger partial charge < -0.3 is 15.0 Å². The van der Waals surface area contributed by atoms with E-state index in [-0.39, 0.29) is 35.2 Å². The Kier molecular flexibility index (Phi) is 12.2. The molecule has 62 heavy (non-hydrogen) atoms. The second-order valence-electron chi connectivity index (χ2n) is 15.8. The first-order valence-corrected chi connectivity index (χ1v) is 22.5. The number of hydrogen-bond acceptors (Lipinski definition) is 13. The number of carbonyl (C=O) groups is 3. The third-order valence-corrected chi connectivity index (χ3v) is 12.6. The molecule has 8 rings (SSSR count). The van der Waals surface area contributed by atoms with E-state index in [0.717, 1.165) is 68.7 Å². The number of carbonyl (C=O) groups excluding carboxylic acids is 3. The Labute approximate surface area is 358 Å². The highest BCUT2D eigenvalue weighted by molar-refractivity contribution is 7.90. The van der Waals surface area contributed by atoms with Gasteiger partial charge in [0.05, 0.1) is 51.6 Å². The Bertz CT molecular complexity index is 2870. The standard InChI is InChI=1S/C44H48N10O7S/c1-28-9-11-30(26-39(28)62(3,59)60)45-42(56)27-31-25-35-34(50-49-31)13-12-33(46-35)32-7-4-8-40(47-32)53-19-17-52(18-20-53)21-23-61-22-5-6-29-10-14-36-38(24-29)51(2)44(58)54(36)37-15-16-41(55)48-43(37)57/h4,7-14,24-26,37H,5-6,15-23,27H2,1-3H3,(H,45,56)(H,48,55,57). The number of amides is 3. The van der Waals surface area contributed by atoms with Crippen molar-refractivity contribution in [2.24, 2.45) is 7.05 Å². The fourth-order valence-corrected chi connectivity index (χ4v) is 9.04. The number of pyridine rings is 2. The van der Waals surface area contributed by atoms with Gasteiger partial charge in [-0.15, -0.1) is 5.10 Å². The van der Waals surface area contributed by atoms with Crippen LogP contribution in [0.15, 0.2) is 82.5 Å². The summed E-state index contributed by atoms with van der Waals surface area (Å²) in [5.74, 6) is -0.247. The number of nitrogens with zero attached hydrogens (tertiary/aromatic N) is 8. The van der Waals surface area contributed by atoms with Crippen molar-refractivity contribution >= 4 is 61.1 Å². The summed E-state index contributed by atoms with van der Waals surface area (Å²) in [4.78, 5) is 64.7. The lowest BCUT2D eigenvalue weighted by atomic mass is 10.1. The minimum absolute atomic E-state index is 0.0707. The third-order valence-electron chi connectivity index (χ3n) is 11.4. The lowest BCUT2D eigenvalue weighted by molar-refractivity contribution is -0.135. The predicted octanol–water partition coefficient (Wildman–Crippen LogP) is 3.38. The van der Waals surface area contributed by atoms with Crippen LogP contribution in [0, 0.1) is 6.92 Å². The second kappa shape index (κ2) is 17.9. The number of imide groups is 1. The molecule has 322 valence electrons. The number of rotatable bonds is 14. The van der Waals surface area contributed by atoms with Gasteiger partial charge in [-0.3, -0.25) is 33.7 Å². The van der Waals surface area contributed by atoms with Crippen molar-refractivity contribution < 1.29 is 27.5 Å². The monoisotopic (exact) mass is 860 g/mol. The fraction of sp³-hybridized carbons (Fsp3) is 0.364. The van der Waals surface area contributed by atoms with Gasteiger partial charge in [-0.2, -0.15) is 5.10 Å². The molecule has 2 N–H and O–H groups in total. The maximum atomic E-state index is 13.1. The molecule has 1 atom stereocenters. The van der Waals surface area contributed by atoms with Crippen molar-refractivity contribution in [3.05, 3.63) is 100 Å². The molecule has 0 bridgehead atoms. The summed E-state index contributed by atoms with van der Waals surface area (Å²) in [7, 11) is -1.75. The minimum atomic E-state index is -3.45. The number of imidazole rings is 1. The molecular weight excluding hydrogens is 813 g/mol. The molecule has 2 aromatic carbocycles. The molecule has 3 amide bonds. The number of aromatic nitrogens is 6. The number of anilines is 2. The van der Waals surface area contributed by atoms with Gasteiger partial charge in [-0.25, -0.2) is 23.2 Å².